The van der Waals surface area contributed by atoms with Crippen LogP contribution in [0.15, 0.2) is 55.9 Å². The fourth-order valence-electron chi connectivity index (χ4n) is 3.82. The third kappa shape index (κ3) is 5.56. The van der Waals surface area contributed by atoms with E-state index in [4.69, 9.17) is 32.6 Å². The number of halogens is 1. The summed E-state index contributed by atoms with van der Waals surface area (Å²) in [7, 11) is -2.70. The lowest BCUT2D eigenvalue weighted by atomic mass is 9.96. The Hall–Kier alpha value is -4.00. The first-order valence-electron chi connectivity index (χ1n) is 10.8. The number of nitrogens with zero attached hydrogens (tertiary/aromatic N) is 2. The normalized spacial score (nSPS) is 13.8. The zero-order chi connectivity index (χ0) is 27.5. The number of fused-ring (bicyclic) bond motifs is 1. The van der Waals surface area contributed by atoms with E-state index in [0.29, 0.717) is 17.4 Å². The van der Waals surface area contributed by atoms with Crippen LogP contribution >= 0.6 is 11.6 Å². The number of carbonyl (C=O) groups excluding carboxylic acids is 1. The standard InChI is InChI=1S/C24H25ClN6O5S/c1-12-6-16(13(2)30-18-4-5-19(25)31-24(18)37(28,34)35)23-17(7-12)21(33)20(15(9-27)11-32)22(36-23)14(8-26)10-29-3/h4-11,13,30H,26-27H2,1-3H3,(H2,28,34,35)/b14-8+,15-9+,29-10?. The second-order valence-corrected chi connectivity index (χ2v) is 9.88. The summed E-state index contributed by atoms with van der Waals surface area (Å²) >= 11 is 5.87. The fraction of sp³-hybridized carbons (Fsp3) is 0.167. The molecule has 0 bridgehead atoms. The molecule has 194 valence electrons. The first kappa shape index (κ1) is 27.6. The molecule has 13 heteroatoms. The highest BCUT2D eigenvalue weighted by Gasteiger charge is 2.25. The molecule has 0 saturated heterocycles. The molecule has 3 aromatic rings. The molecule has 0 aliphatic rings. The molecule has 2 heterocycles. The van der Waals surface area contributed by atoms with E-state index in [1.165, 1.54) is 31.6 Å². The first-order valence-corrected chi connectivity index (χ1v) is 12.7. The van der Waals surface area contributed by atoms with Crippen molar-refractivity contribution in [3.8, 4) is 0 Å². The van der Waals surface area contributed by atoms with Gasteiger partial charge in [-0.15, -0.1) is 0 Å². The van der Waals surface area contributed by atoms with Gasteiger partial charge in [0.1, 0.15) is 16.5 Å². The monoisotopic (exact) mass is 544 g/mol. The van der Waals surface area contributed by atoms with Crippen molar-refractivity contribution in [1.82, 2.24) is 4.98 Å². The van der Waals surface area contributed by atoms with Crippen LogP contribution < -0.4 is 27.4 Å². The molecule has 0 spiro atoms. The lowest BCUT2D eigenvalue weighted by Gasteiger charge is -2.20. The number of aldehydes is 1. The minimum absolute atomic E-state index is 0.00918. The molecule has 11 nitrogen and oxygen atoms in total. The molecule has 0 aliphatic carbocycles. The second-order valence-electron chi connectivity index (χ2n) is 8.01. The number of pyridine rings is 1. The molecular weight excluding hydrogens is 520 g/mol. The molecule has 1 unspecified atom stereocenters. The summed E-state index contributed by atoms with van der Waals surface area (Å²) in [6.45, 7) is 3.50. The van der Waals surface area contributed by atoms with E-state index in [9.17, 15) is 18.0 Å². The van der Waals surface area contributed by atoms with Crippen molar-refractivity contribution >= 4 is 61.9 Å². The Labute approximate surface area is 217 Å². The molecule has 1 atom stereocenters. The number of anilines is 1. The van der Waals surface area contributed by atoms with Crippen molar-refractivity contribution in [3.05, 3.63) is 74.5 Å². The number of aryl methyl sites for hydroxylation is 1. The van der Waals surface area contributed by atoms with E-state index >= 15 is 0 Å². The maximum absolute atomic E-state index is 13.7. The smallest absolute Gasteiger partial charge is 0.257 e. The second kappa shape index (κ2) is 10.9. The predicted octanol–water partition coefficient (Wildman–Crippen LogP) is 2.47. The number of benzene rings is 1. The van der Waals surface area contributed by atoms with Crippen LogP contribution in [0.4, 0.5) is 5.69 Å². The van der Waals surface area contributed by atoms with Gasteiger partial charge in [0, 0.05) is 36.8 Å². The Morgan fingerprint density at radius 1 is 1.22 bits per heavy atom. The highest BCUT2D eigenvalue weighted by atomic mass is 35.5. The van der Waals surface area contributed by atoms with Crippen LogP contribution in [0.3, 0.4) is 0 Å². The van der Waals surface area contributed by atoms with E-state index in [2.05, 4.69) is 15.3 Å². The minimum Gasteiger partial charge on any atom is -0.455 e. The average Bonchev–Trinajstić information content (AvgIpc) is 2.84. The average molecular weight is 545 g/mol. The number of nitrogens with one attached hydrogen (secondary N) is 1. The van der Waals surface area contributed by atoms with E-state index in [1.54, 1.807) is 26.0 Å². The molecule has 0 saturated carbocycles. The molecule has 0 amide bonds. The van der Waals surface area contributed by atoms with Gasteiger partial charge >= 0.3 is 0 Å². The summed E-state index contributed by atoms with van der Waals surface area (Å²) in [6.07, 6.45) is 4.02. The maximum Gasteiger partial charge on any atom is 0.257 e. The summed E-state index contributed by atoms with van der Waals surface area (Å²) in [4.78, 5) is 33.2. The van der Waals surface area contributed by atoms with Crippen LogP contribution in [0, 0.1) is 6.92 Å². The third-order valence-corrected chi connectivity index (χ3v) is 6.47. The summed E-state index contributed by atoms with van der Waals surface area (Å²) < 4.78 is 30.4. The lowest BCUT2D eigenvalue weighted by Crippen LogP contribution is -2.19. The number of nitrogens with two attached hydrogens (primary N) is 3. The van der Waals surface area contributed by atoms with Gasteiger partial charge in [-0.2, -0.15) is 0 Å². The number of carbonyl (C=O) groups is 1. The highest BCUT2D eigenvalue weighted by Crippen LogP contribution is 2.33. The Morgan fingerprint density at radius 3 is 2.46 bits per heavy atom. The van der Waals surface area contributed by atoms with E-state index in [-0.39, 0.29) is 44.3 Å². The molecule has 0 radical (unpaired) electrons. The zero-order valence-corrected chi connectivity index (χ0v) is 21.7. The predicted molar refractivity (Wildman–Crippen MR) is 145 cm³/mol. The molecule has 0 fully saturated rings. The van der Waals surface area contributed by atoms with Gasteiger partial charge in [-0.25, -0.2) is 18.5 Å². The Bertz CT molecular complexity index is 1640. The first-order chi connectivity index (χ1) is 17.5. The Kier molecular flexibility index (Phi) is 8.16. The van der Waals surface area contributed by atoms with Crippen LogP contribution in [0.5, 0.6) is 0 Å². The van der Waals surface area contributed by atoms with Gasteiger partial charge in [-0.1, -0.05) is 17.7 Å². The largest absolute Gasteiger partial charge is 0.455 e. The van der Waals surface area contributed by atoms with Crippen molar-refractivity contribution in [3.63, 3.8) is 0 Å². The number of aliphatic imine (C=N–C) groups is 1. The van der Waals surface area contributed by atoms with Gasteiger partial charge < -0.3 is 21.2 Å². The van der Waals surface area contributed by atoms with E-state index in [1.807, 2.05) is 0 Å². The lowest BCUT2D eigenvalue weighted by molar-refractivity contribution is -0.103. The zero-order valence-electron chi connectivity index (χ0n) is 20.2. The van der Waals surface area contributed by atoms with Gasteiger partial charge in [-0.05, 0) is 37.6 Å². The third-order valence-electron chi connectivity index (χ3n) is 5.40. The van der Waals surface area contributed by atoms with Crippen LogP contribution in [0.2, 0.25) is 5.15 Å². The molecule has 37 heavy (non-hydrogen) atoms. The molecule has 3 rings (SSSR count). The topological polar surface area (TPSA) is 197 Å². The Morgan fingerprint density at radius 2 is 1.89 bits per heavy atom. The number of hydrogen-bond donors (Lipinski definition) is 4. The Balaban J connectivity index is 2.35. The summed E-state index contributed by atoms with van der Waals surface area (Å²) in [5, 5.41) is 8.06. The fourth-order valence-corrected chi connectivity index (χ4v) is 4.67. The molecular formula is C24H25ClN6O5S. The van der Waals surface area contributed by atoms with Gasteiger partial charge in [0.25, 0.3) is 10.0 Å². The van der Waals surface area contributed by atoms with Crippen molar-refractivity contribution in [2.45, 2.75) is 24.9 Å². The number of sulfonamides is 1. The summed E-state index contributed by atoms with van der Waals surface area (Å²) in [6, 6.07) is 5.60. The number of primary sulfonamides is 1. The number of allylic oxidation sites excluding steroid dienone is 2. The molecule has 2 aromatic heterocycles. The van der Waals surface area contributed by atoms with E-state index in [0.717, 1.165) is 6.20 Å². The van der Waals surface area contributed by atoms with Gasteiger partial charge in [0.2, 0.25) is 5.43 Å². The van der Waals surface area contributed by atoms with Crippen molar-refractivity contribution in [1.29, 1.82) is 0 Å². The van der Waals surface area contributed by atoms with Crippen molar-refractivity contribution in [2.75, 3.05) is 12.4 Å². The molecule has 0 aliphatic heterocycles. The van der Waals surface area contributed by atoms with Crippen LogP contribution in [0.25, 0.3) is 22.1 Å². The number of rotatable bonds is 8. The summed E-state index contributed by atoms with van der Waals surface area (Å²) in [5.74, 6) is -0.00918. The van der Waals surface area contributed by atoms with Crippen molar-refractivity contribution in [2.24, 2.45) is 21.6 Å². The molecule has 7 N–H and O–H groups in total. The van der Waals surface area contributed by atoms with Gasteiger partial charge in [0.05, 0.1) is 28.3 Å². The number of hydrogen-bond acceptors (Lipinski definition) is 10. The minimum atomic E-state index is -4.21. The SMILES string of the molecule is CN=C/C(=C\N)c1oc2c(C(C)Nc3ccc(Cl)nc3S(N)(=O)=O)cc(C)cc2c(=O)c1/C(C=O)=C/N. The molecule has 1 aromatic carbocycles. The van der Waals surface area contributed by atoms with Crippen molar-refractivity contribution < 1.29 is 17.6 Å². The maximum atomic E-state index is 13.7. The quantitative estimate of drug-likeness (QED) is 0.142. The van der Waals surface area contributed by atoms with Crippen LogP contribution in [-0.4, -0.2) is 33.0 Å². The van der Waals surface area contributed by atoms with Gasteiger partial charge in [0.15, 0.2) is 11.3 Å². The van der Waals surface area contributed by atoms with E-state index < -0.39 is 26.5 Å². The number of aromatic nitrogens is 1. The van der Waals surface area contributed by atoms with Gasteiger partial charge in [-0.3, -0.25) is 14.6 Å². The van der Waals surface area contributed by atoms with Crippen LogP contribution in [-0.2, 0) is 14.8 Å². The summed E-state index contributed by atoms with van der Waals surface area (Å²) in [5.41, 5.74) is 12.5. The highest BCUT2D eigenvalue weighted by molar-refractivity contribution is 7.89. The van der Waals surface area contributed by atoms with Crippen LogP contribution in [0.1, 0.15) is 35.4 Å².